The normalized spacial score (nSPS) is 16.2. The predicted molar refractivity (Wildman–Crippen MR) is 115 cm³/mol. The van der Waals surface area contributed by atoms with Crippen LogP contribution in [0.15, 0.2) is 24.3 Å². The number of likely N-dealkylation sites (tertiary alicyclic amines) is 1. The minimum atomic E-state index is -0.165. The number of hydrogen-bond donors (Lipinski definition) is 1. The average Bonchev–Trinajstić information content (AvgIpc) is 3.03. The van der Waals surface area contributed by atoms with Crippen molar-refractivity contribution in [2.75, 3.05) is 26.3 Å². The van der Waals surface area contributed by atoms with E-state index in [1.165, 1.54) is 16.7 Å². The Morgan fingerprint density at radius 2 is 1.96 bits per heavy atom. The highest BCUT2D eigenvalue weighted by Crippen LogP contribution is 2.31. The van der Waals surface area contributed by atoms with E-state index < -0.39 is 0 Å². The third-order valence-electron chi connectivity index (χ3n) is 5.54. The van der Waals surface area contributed by atoms with Gasteiger partial charge in [-0.25, -0.2) is 0 Å². The fraction of sp³-hybridized carbons (Fsp3) is 0.625. The van der Waals surface area contributed by atoms with Gasteiger partial charge >= 0.3 is 0 Å². The van der Waals surface area contributed by atoms with E-state index in [-0.39, 0.29) is 17.9 Å². The lowest BCUT2D eigenvalue weighted by Crippen LogP contribution is -2.26. The molecule has 4 heteroatoms. The molecule has 0 spiro atoms. The van der Waals surface area contributed by atoms with Crippen molar-refractivity contribution < 1.29 is 14.6 Å². The van der Waals surface area contributed by atoms with Gasteiger partial charge in [0.25, 0.3) is 0 Å². The zero-order chi connectivity index (χ0) is 20.7. The van der Waals surface area contributed by atoms with E-state index in [1.54, 1.807) is 0 Å². The van der Waals surface area contributed by atoms with E-state index in [4.69, 9.17) is 4.74 Å². The summed E-state index contributed by atoms with van der Waals surface area (Å²) in [5, 5.41) is 9.37. The summed E-state index contributed by atoms with van der Waals surface area (Å²) < 4.78 is 5.96. The summed E-state index contributed by atoms with van der Waals surface area (Å²) in [4.78, 5) is 13.6. The number of aliphatic hydroxyl groups is 1. The van der Waals surface area contributed by atoms with Crippen LogP contribution < -0.4 is 4.74 Å². The molecule has 0 saturated carbocycles. The molecule has 28 heavy (non-hydrogen) atoms. The van der Waals surface area contributed by atoms with Gasteiger partial charge in [0.15, 0.2) is 0 Å². The predicted octanol–water partition coefficient (Wildman–Crippen LogP) is 4.76. The number of ether oxygens (including phenoxy) is 1. The molecule has 0 bridgehead atoms. The van der Waals surface area contributed by atoms with Gasteiger partial charge in [-0.2, -0.15) is 0 Å². The third kappa shape index (κ3) is 6.37. The number of carbonyl (C=O) groups is 1. The molecule has 1 heterocycles. The minimum absolute atomic E-state index is 0.161. The van der Waals surface area contributed by atoms with Crippen LogP contribution in [0.25, 0.3) is 0 Å². The van der Waals surface area contributed by atoms with E-state index in [1.807, 2.05) is 18.7 Å². The van der Waals surface area contributed by atoms with Crippen LogP contribution in [0.2, 0.25) is 0 Å². The summed E-state index contributed by atoms with van der Waals surface area (Å²) in [5.74, 6) is 1.61. The van der Waals surface area contributed by atoms with Crippen LogP contribution in [0, 0.1) is 19.3 Å². The number of aryl methyl sites for hydroxylation is 2. The Morgan fingerprint density at radius 1 is 1.29 bits per heavy atom. The molecule has 156 valence electrons. The highest BCUT2D eigenvalue weighted by atomic mass is 16.5. The molecule has 1 aromatic carbocycles. The van der Waals surface area contributed by atoms with Crippen molar-refractivity contribution in [2.24, 2.45) is 5.41 Å². The Balaban J connectivity index is 1.89. The van der Waals surface area contributed by atoms with Gasteiger partial charge < -0.3 is 14.7 Å². The maximum Gasteiger partial charge on any atom is 0.222 e. The van der Waals surface area contributed by atoms with Gasteiger partial charge in [0.1, 0.15) is 5.75 Å². The van der Waals surface area contributed by atoms with Crippen LogP contribution in [0.3, 0.4) is 0 Å². The first-order valence-electron chi connectivity index (χ1n) is 10.5. The van der Waals surface area contributed by atoms with E-state index >= 15 is 0 Å². The fourth-order valence-electron chi connectivity index (χ4n) is 3.94. The molecular weight excluding hydrogens is 350 g/mol. The second kappa shape index (κ2) is 10.1. The molecule has 1 saturated heterocycles. The second-order valence-corrected chi connectivity index (χ2v) is 8.84. The largest absolute Gasteiger partial charge is 0.494 e. The number of rotatable bonds is 10. The lowest BCUT2D eigenvalue weighted by molar-refractivity contribution is -0.127. The maximum absolute atomic E-state index is 11.6. The Hall–Kier alpha value is -1.81. The SMILES string of the molecule is Cc1cc(OCCCN2CCCC2=O)cc(C)c1C(C)C/C=C\C(C)(C)CO. The summed E-state index contributed by atoms with van der Waals surface area (Å²) in [5.41, 5.74) is 3.72. The first-order valence-corrected chi connectivity index (χ1v) is 10.5. The first kappa shape index (κ1) is 22.5. The zero-order valence-electron chi connectivity index (χ0n) is 18.3. The number of amides is 1. The molecule has 1 unspecified atom stereocenters. The van der Waals surface area contributed by atoms with Gasteiger partial charge in [-0.05, 0) is 67.9 Å². The number of nitrogens with zero attached hydrogens (tertiary/aromatic N) is 1. The van der Waals surface area contributed by atoms with Gasteiger partial charge in [-0.3, -0.25) is 4.79 Å². The fourth-order valence-corrected chi connectivity index (χ4v) is 3.94. The monoisotopic (exact) mass is 387 g/mol. The molecule has 0 aliphatic carbocycles. The summed E-state index contributed by atoms with van der Waals surface area (Å²) in [6.45, 7) is 13.1. The van der Waals surface area contributed by atoms with Gasteiger partial charge in [0.05, 0.1) is 13.2 Å². The molecule has 1 fully saturated rings. The molecule has 4 nitrogen and oxygen atoms in total. The lowest BCUT2D eigenvalue weighted by Gasteiger charge is -2.20. The van der Waals surface area contributed by atoms with Crippen molar-refractivity contribution in [2.45, 2.75) is 66.2 Å². The average molecular weight is 388 g/mol. The van der Waals surface area contributed by atoms with E-state index in [9.17, 15) is 9.90 Å². The summed E-state index contributed by atoms with van der Waals surface area (Å²) in [6.07, 6.45) is 7.80. The van der Waals surface area contributed by atoms with Crippen LogP contribution in [0.5, 0.6) is 5.75 Å². The van der Waals surface area contributed by atoms with Crippen molar-refractivity contribution >= 4 is 5.91 Å². The Kier molecular flexibility index (Phi) is 8.11. The molecule has 0 radical (unpaired) electrons. The van der Waals surface area contributed by atoms with Crippen molar-refractivity contribution in [3.05, 3.63) is 41.0 Å². The molecule has 1 amide bonds. The summed E-state index contributed by atoms with van der Waals surface area (Å²) in [6, 6.07) is 4.25. The number of allylic oxidation sites excluding steroid dienone is 1. The number of hydrogen-bond acceptors (Lipinski definition) is 3. The first-order chi connectivity index (χ1) is 13.2. The number of benzene rings is 1. The van der Waals surface area contributed by atoms with E-state index in [0.29, 0.717) is 18.9 Å². The summed E-state index contributed by atoms with van der Waals surface area (Å²) >= 11 is 0. The van der Waals surface area contributed by atoms with Crippen molar-refractivity contribution in [3.63, 3.8) is 0 Å². The second-order valence-electron chi connectivity index (χ2n) is 8.84. The highest BCUT2D eigenvalue weighted by Gasteiger charge is 2.19. The standard InChI is InChI=1S/C24H37NO3/c1-18(9-6-11-24(4,5)17-26)23-19(2)15-21(16-20(23)3)28-14-8-13-25-12-7-10-22(25)27/h6,11,15-16,18,26H,7-10,12-14,17H2,1-5H3/b11-6-. The zero-order valence-corrected chi connectivity index (χ0v) is 18.3. The number of aliphatic hydroxyl groups excluding tert-OH is 1. The number of carbonyl (C=O) groups excluding carboxylic acids is 1. The van der Waals surface area contributed by atoms with Crippen molar-refractivity contribution in [1.82, 2.24) is 4.90 Å². The molecule has 1 aliphatic rings. The minimum Gasteiger partial charge on any atom is -0.494 e. The van der Waals surface area contributed by atoms with E-state index in [0.717, 1.165) is 38.1 Å². The molecule has 1 aliphatic heterocycles. The molecule has 1 atom stereocenters. The van der Waals surface area contributed by atoms with Crippen LogP contribution in [-0.2, 0) is 4.79 Å². The van der Waals surface area contributed by atoms with E-state index in [2.05, 4.69) is 45.1 Å². The molecule has 1 N–H and O–H groups in total. The van der Waals surface area contributed by atoms with Crippen LogP contribution in [0.4, 0.5) is 0 Å². The maximum atomic E-state index is 11.6. The molecular formula is C24H37NO3. The van der Waals surface area contributed by atoms with Crippen molar-refractivity contribution in [3.8, 4) is 5.75 Å². The molecule has 0 aromatic heterocycles. The Bertz CT molecular complexity index is 670. The Labute approximate surface area is 170 Å². The topological polar surface area (TPSA) is 49.8 Å². The lowest BCUT2D eigenvalue weighted by atomic mass is 9.88. The smallest absolute Gasteiger partial charge is 0.222 e. The van der Waals surface area contributed by atoms with Crippen LogP contribution >= 0.6 is 0 Å². The van der Waals surface area contributed by atoms with Crippen LogP contribution in [-0.4, -0.2) is 42.2 Å². The van der Waals surface area contributed by atoms with Gasteiger partial charge in [0.2, 0.25) is 5.91 Å². The molecule has 2 rings (SSSR count). The highest BCUT2D eigenvalue weighted by molar-refractivity contribution is 5.77. The van der Waals surface area contributed by atoms with Gasteiger partial charge in [0, 0.05) is 24.9 Å². The summed E-state index contributed by atoms with van der Waals surface area (Å²) in [7, 11) is 0. The quantitative estimate of drug-likeness (QED) is 0.465. The Morgan fingerprint density at radius 3 is 2.54 bits per heavy atom. The van der Waals surface area contributed by atoms with Gasteiger partial charge in [-0.15, -0.1) is 0 Å². The van der Waals surface area contributed by atoms with Crippen molar-refractivity contribution in [1.29, 1.82) is 0 Å². The van der Waals surface area contributed by atoms with Gasteiger partial charge in [-0.1, -0.05) is 32.9 Å². The third-order valence-corrected chi connectivity index (χ3v) is 5.54. The van der Waals surface area contributed by atoms with Crippen LogP contribution in [0.1, 0.15) is 69.1 Å². The molecule has 1 aromatic rings.